The summed E-state index contributed by atoms with van der Waals surface area (Å²) in [5.74, 6) is -0.222. The molecule has 0 unspecified atom stereocenters. The van der Waals surface area contributed by atoms with E-state index in [0.29, 0.717) is 53.3 Å². The fraction of sp³-hybridized carbons (Fsp3) is 0.321. The standard InChI is InChI=1S/C28H31ClN4O6S2/c1-39-22-11-7-10-21-27(22)28(32-41(37,38)26-15-14-23(29)40-26)31-33(21)18-20-9-6-8-19(16-20)17-30-24(34)12-4-2-3-5-13-25(35)36/h6-11,14-16H,2-5,12-13,17-18H2,1H3,(H,30,34)(H,31,32)(H,35,36). The van der Waals surface area contributed by atoms with E-state index in [4.69, 9.17) is 21.4 Å². The lowest BCUT2D eigenvalue weighted by molar-refractivity contribution is -0.137. The zero-order valence-electron chi connectivity index (χ0n) is 22.4. The minimum Gasteiger partial charge on any atom is -0.496 e. The van der Waals surface area contributed by atoms with Gasteiger partial charge in [0.1, 0.15) is 9.96 Å². The van der Waals surface area contributed by atoms with E-state index in [0.717, 1.165) is 35.3 Å². The molecule has 4 aromatic rings. The smallest absolute Gasteiger partial charge is 0.303 e. The number of carbonyl (C=O) groups excluding carboxylic acids is 1. The molecule has 2 aromatic heterocycles. The highest BCUT2D eigenvalue weighted by Crippen LogP contribution is 2.35. The zero-order valence-corrected chi connectivity index (χ0v) is 24.8. The van der Waals surface area contributed by atoms with Crippen molar-refractivity contribution in [3.63, 3.8) is 0 Å². The second-order valence-electron chi connectivity index (χ2n) is 9.43. The molecule has 0 radical (unpaired) electrons. The van der Waals surface area contributed by atoms with Crippen molar-refractivity contribution in [3.05, 3.63) is 70.1 Å². The number of fused-ring (bicyclic) bond motifs is 1. The van der Waals surface area contributed by atoms with Gasteiger partial charge in [-0.25, -0.2) is 8.42 Å². The normalized spacial score (nSPS) is 11.5. The average Bonchev–Trinajstić information content (AvgIpc) is 3.53. The second kappa shape index (κ2) is 13.8. The molecule has 0 fully saturated rings. The Hall–Kier alpha value is -3.61. The summed E-state index contributed by atoms with van der Waals surface area (Å²) in [6, 6.07) is 16.1. The molecule has 0 saturated heterocycles. The third-order valence-corrected chi connectivity index (χ3v) is 9.42. The van der Waals surface area contributed by atoms with E-state index in [1.54, 1.807) is 10.7 Å². The van der Waals surface area contributed by atoms with E-state index in [9.17, 15) is 18.0 Å². The molecule has 0 saturated carbocycles. The summed E-state index contributed by atoms with van der Waals surface area (Å²) >= 11 is 6.91. The first-order valence-electron chi connectivity index (χ1n) is 13.0. The number of anilines is 1. The van der Waals surface area contributed by atoms with Crippen LogP contribution in [0.1, 0.15) is 49.7 Å². The number of amides is 1. The van der Waals surface area contributed by atoms with E-state index in [1.807, 2.05) is 36.4 Å². The van der Waals surface area contributed by atoms with Crippen LogP contribution >= 0.6 is 22.9 Å². The Balaban J connectivity index is 1.44. The highest BCUT2D eigenvalue weighted by Gasteiger charge is 2.23. The van der Waals surface area contributed by atoms with Gasteiger partial charge in [0.25, 0.3) is 10.0 Å². The first-order valence-corrected chi connectivity index (χ1v) is 15.7. The van der Waals surface area contributed by atoms with Gasteiger partial charge in [0.05, 0.1) is 28.9 Å². The number of aromatic nitrogens is 2. The lowest BCUT2D eigenvalue weighted by atomic mass is 10.1. The Morgan fingerprint density at radius 3 is 2.46 bits per heavy atom. The van der Waals surface area contributed by atoms with Crippen molar-refractivity contribution in [1.82, 2.24) is 15.1 Å². The topological polar surface area (TPSA) is 140 Å². The number of carboxylic acid groups (broad SMARTS) is 1. The monoisotopic (exact) mass is 618 g/mol. The minimum atomic E-state index is -3.92. The number of methoxy groups -OCH3 is 1. The second-order valence-corrected chi connectivity index (χ2v) is 13.1. The lowest BCUT2D eigenvalue weighted by Crippen LogP contribution is -2.22. The van der Waals surface area contributed by atoms with Gasteiger partial charge in [0.2, 0.25) is 5.91 Å². The number of carbonyl (C=O) groups is 2. The summed E-state index contributed by atoms with van der Waals surface area (Å²) in [5, 5.41) is 16.7. The molecule has 0 aliphatic carbocycles. The Bertz CT molecular complexity index is 1630. The number of aliphatic carboxylic acids is 1. The number of thiophene rings is 1. The SMILES string of the molecule is COc1cccc2c1c(NS(=O)(=O)c1ccc(Cl)s1)nn2Cc1cccc(CNC(=O)CCCCCCC(=O)O)c1. The summed E-state index contributed by atoms with van der Waals surface area (Å²) < 4.78 is 36.3. The molecule has 1 amide bonds. The number of sulfonamides is 1. The summed E-state index contributed by atoms with van der Waals surface area (Å²) in [6.07, 6.45) is 3.50. The minimum absolute atomic E-state index is 0.0530. The molecular weight excluding hydrogens is 588 g/mol. The third-order valence-electron chi connectivity index (χ3n) is 6.36. The van der Waals surface area contributed by atoms with Gasteiger partial charge in [-0.3, -0.25) is 19.0 Å². The van der Waals surface area contributed by atoms with Crippen molar-refractivity contribution >= 4 is 61.6 Å². The molecule has 0 spiro atoms. The third kappa shape index (κ3) is 8.21. The van der Waals surface area contributed by atoms with Gasteiger partial charge in [-0.2, -0.15) is 5.10 Å². The first-order chi connectivity index (χ1) is 19.7. The molecule has 10 nitrogen and oxygen atoms in total. The van der Waals surface area contributed by atoms with Crippen LogP contribution in [-0.4, -0.2) is 42.3 Å². The number of benzene rings is 2. The number of ether oxygens (including phenoxy) is 1. The predicted molar refractivity (Wildman–Crippen MR) is 159 cm³/mol. The van der Waals surface area contributed by atoms with E-state index in [1.165, 1.54) is 19.2 Å². The van der Waals surface area contributed by atoms with E-state index in [-0.39, 0.29) is 22.4 Å². The van der Waals surface area contributed by atoms with Gasteiger partial charge in [-0.05, 0) is 48.2 Å². The van der Waals surface area contributed by atoms with E-state index >= 15 is 0 Å². The number of carboxylic acids is 1. The molecule has 0 atom stereocenters. The van der Waals surface area contributed by atoms with Crippen LogP contribution in [-0.2, 0) is 32.7 Å². The number of halogens is 1. The van der Waals surface area contributed by atoms with Gasteiger partial charge in [-0.15, -0.1) is 11.3 Å². The maximum absolute atomic E-state index is 13.0. The van der Waals surface area contributed by atoms with Crippen LogP contribution in [0, 0.1) is 0 Å². The van der Waals surface area contributed by atoms with Crippen molar-refractivity contribution in [1.29, 1.82) is 0 Å². The molecule has 2 heterocycles. The predicted octanol–water partition coefficient (Wildman–Crippen LogP) is 5.65. The molecule has 2 aromatic carbocycles. The van der Waals surface area contributed by atoms with Crippen molar-refractivity contribution in [2.45, 2.75) is 55.8 Å². The van der Waals surface area contributed by atoms with Crippen LogP contribution in [0.15, 0.2) is 58.8 Å². The Morgan fingerprint density at radius 1 is 1.02 bits per heavy atom. The van der Waals surface area contributed by atoms with E-state index < -0.39 is 16.0 Å². The maximum atomic E-state index is 13.0. The number of hydrogen-bond acceptors (Lipinski definition) is 7. The zero-order chi connectivity index (χ0) is 29.4. The molecule has 13 heteroatoms. The van der Waals surface area contributed by atoms with Crippen LogP contribution in [0.25, 0.3) is 10.9 Å². The first kappa shape index (κ1) is 30.4. The van der Waals surface area contributed by atoms with Gasteiger partial charge in [0.15, 0.2) is 5.82 Å². The Labute approximate surface area is 247 Å². The van der Waals surface area contributed by atoms with Crippen LogP contribution in [0.3, 0.4) is 0 Å². The molecule has 3 N–H and O–H groups in total. The van der Waals surface area contributed by atoms with Crippen molar-refractivity contribution in [3.8, 4) is 5.75 Å². The fourth-order valence-electron chi connectivity index (χ4n) is 4.39. The van der Waals surface area contributed by atoms with Gasteiger partial charge < -0.3 is 15.2 Å². The summed E-state index contributed by atoms with van der Waals surface area (Å²) in [6.45, 7) is 0.724. The van der Waals surface area contributed by atoms with Crippen molar-refractivity contribution in [2.24, 2.45) is 0 Å². The van der Waals surface area contributed by atoms with Crippen LogP contribution in [0.5, 0.6) is 5.75 Å². The van der Waals surface area contributed by atoms with Gasteiger partial charge in [-0.1, -0.05) is 54.8 Å². The quantitative estimate of drug-likeness (QED) is 0.146. The summed E-state index contributed by atoms with van der Waals surface area (Å²) in [5.41, 5.74) is 2.53. The number of unbranched alkanes of at least 4 members (excludes halogenated alkanes) is 3. The van der Waals surface area contributed by atoms with Gasteiger partial charge >= 0.3 is 5.97 Å². The molecule has 218 valence electrons. The summed E-state index contributed by atoms with van der Waals surface area (Å²) in [7, 11) is -2.40. The number of hydrogen-bond donors (Lipinski definition) is 3. The number of nitrogens with one attached hydrogen (secondary N) is 2. The highest BCUT2D eigenvalue weighted by atomic mass is 35.5. The van der Waals surface area contributed by atoms with Crippen molar-refractivity contribution in [2.75, 3.05) is 11.8 Å². The molecule has 0 aliphatic heterocycles. The Kier molecular flexibility index (Phi) is 10.2. The van der Waals surface area contributed by atoms with Crippen LogP contribution in [0.4, 0.5) is 5.82 Å². The summed E-state index contributed by atoms with van der Waals surface area (Å²) in [4.78, 5) is 22.8. The molecular formula is C28H31ClN4O6S2. The van der Waals surface area contributed by atoms with Crippen LogP contribution < -0.4 is 14.8 Å². The lowest BCUT2D eigenvalue weighted by Gasteiger charge is -2.09. The van der Waals surface area contributed by atoms with E-state index in [2.05, 4.69) is 15.1 Å². The van der Waals surface area contributed by atoms with Gasteiger partial charge in [0, 0.05) is 19.4 Å². The fourth-order valence-corrected chi connectivity index (χ4v) is 6.89. The molecule has 4 rings (SSSR count). The number of nitrogens with zero attached hydrogens (tertiary/aromatic N) is 2. The molecule has 41 heavy (non-hydrogen) atoms. The average molecular weight is 619 g/mol. The van der Waals surface area contributed by atoms with Crippen LogP contribution in [0.2, 0.25) is 4.34 Å². The maximum Gasteiger partial charge on any atom is 0.303 e. The molecule has 0 bridgehead atoms. The van der Waals surface area contributed by atoms with Crippen molar-refractivity contribution < 1.29 is 27.9 Å². The largest absolute Gasteiger partial charge is 0.496 e. The highest BCUT2D eigenvalue weighted by molar-refractivity contribution is 7.94. The Morgan fingerprint density at radius 2 is 1.76 bits per heavy atom. The molecule has 0 aliphatic rings. The number of rotatable bonds is 15.